The first kappa shape index (κ1) is 19.1. The first-order valence-corrected chi connectivity index (χ1v) is 10.7. The normalized spacial score (nSPS) is 10.8. The van der Waals surface area contributed by atoms with Crippen LogP contribution in [0.4, 0.5) is 0 Å². The van der Waals surface area contributed by atoms with E-state index in [1.54, 1.807) is 36.4 Å². The predicted molar refractivity (Wildman–Crippen MR) is 120 cm³/mol. The van der Waals surface area contributed by atoms with Crippen LogP contribution in [0.25, 0.3) is 20.5 Å². The Bertz CT molecular complexity index is 1230. The van der Waals surface area contributed by atoms with Crippen molar-refractivity contribution in [2.24, 2.45) is 0 Å². The molecule has 0 saturated carbocycles. The van der Waals surface area contributed by atoms with Gasteiger partial charge in [-0.15, -0.1) is 11.3 Å². The smallest absolute Gasteiger partial charge is 0.343 e. The van der Waals surface area contributed by atoms with Crippen LogP contribution < -0.4 is 10.2 Å². The number of esters is 1. The van der Waals surface area contributed by atoms with Gasteiger partial charge in [0.25, 0.3) is 0 Å². The van der Waals surface area contributed by atoms with E-state index in [4.69, 9.17) is 4.74 Å². The molecule has 0 radical (unpaired) electrons. The minimum Gasteiger partial charge on any atom is -0.417 e. The van der Waals surface area contributed by atoms with Crippen LogP contribution in [0, 0.1) is 0 Å². The van der Waals surface area contributed by atoms with Gasteiger partial charge in [-0.25, -0.2) is 4.79 Å². The van der Waals surface area contributed by atoms with Crippen molar-refractivity contribution in [3.8, 4) is 16.2 Å². The van der Waals surface area contributed by atoms with Gasteiger partial charge in [-0.05, 0) is 48.0 Å². The van der Waals surface area contributed by atoms with Crippen molar-refractivity contribution in [2.75, 3.05) is 0 Å². The van der Waals surface area contributed by atoms with Gasteiger partial charge in [0.2, 0.25) is 5.43 Å². The van der Waals surface area contributed by atoms with Gasteiger partial charge < -0.3 is 4.74 Å². The van der Waals surface area contributed by atoms with Crippen LogP contribution in [0.1, 0.15) is 10.4 Å². The summed E-state index contributed by atoms with van der Waals surface area (Å²) in [4.78, 5) is 26.4. The summed E-state index contributed by atoms with van der Waals surface area (Å²) < 4.78 is 8.24. The molecule has 0 saturated heterocycles. The van der Waals surface area contributed by atoms with Crippen molar-refractivity contribution in [3.63, 3.8) is 0 Å². The highest BCUT2D eigenvalue weighted by Crippen LogP contribution is 2.37. The summed E-state index contributed by atoms with van der Waals surface area (Å²) in [6.07, 6.45) is 0. The van der Waals surface area contributed by atoms with Gasteiger partial charge in [0.1, 0.15) is 0 Å². The van der Waals surface area contributed by atoms with Crippen molar-refractivity contribution in [1.29, 1.82) is 0 Å². The van der Waals surface area contributed by atoms with Gasteiger partial charge in [0.05, 0.1) is 10.4 Å². The predicted octanol–water partition coefficient (Wildman–Crippen LogP) is 6.67. The first-order chi connectivity index (χ1) is 13.5. The van der Waals surface area contributed by atoms with E-state index in [0.717, 1.165) is 19.2 Å². The largest absolute Gasteiger partial charge is 0.417 e. The summed E-state index contributed by atoms with van der Waals surface area (Å²) >= 11 is 8.29. The minimum absolute atomic E-state index is 0.0518. The molecule has 0 N–H and O–H groups in total. The second-order valence-corrected chi connectivity index (χ2v) is 8.88. The summed E-state index contributed by atoms with van der Waals surface area (Å²) in [6, 6.07) is 21.6. The fraction of sp³-hybridized carbons (Fsp3) is 0. The van der Waals surface area contributed by atoms with E-state index < -0.39 is 5.97 Å². The van der Waals surface area contributed by atoms with E-state index >= 15 is 0 Å². The van der Waals surface area contributed by atoms with Crippen molar-refractivity contribution in [1.82, 2.24) is 0 Å². The molecule has 3 nitrogen and oxygen atoms in total. The number of hydrogen-bond acceptors (Lipinski definition) is 4. The topological polar surface area (TPSA) is 43.4 Å². The lowest BCUT2D eigenvalue weighted by Gasteiger charge is -2.11. The van der Waals surface area contributed by atoms with E-state index in [9.17, 15) is 9.59 Å². The SMILES string of the molecule is O=C(Oc1c(-c2ccc(Br)cc2)sc2cc(Br)ccc2c1=O)c1ccccc1. The number of fused-ring (bicyclic) bond motifs is 1. The highest BCUT2D eigenvalue weighted by atomic mass is 79.9. The molecule has 0 aliphatic carbocycles. The molecule has 138 valence electrons. The average Bonchev–Trinajstić information content (AvgIpc) is 2.71. The molecule has 4 aromatic rings. The van der Waals surface area contributed by atoms with Gasteiger partial charge >= 0.3 is 5.97 Å². The molecule has 0 amide bonds. The molecule has 6 heteroatoms. The van der Waals surface area contributed by atoms with Crippen LogP contribution >= 0.6 is 43.2 Å². The van der Waals surface area contributed by atoms with E-state index in [-0.39, 0.29) is 11.2 Å². The zero-order valence-electron chi connectivity index (χ0n) is 14.3. The molecule has 0 aliphatic rings. The van der Waals surface area contributed by atoms with Crippen LogP contribution in [0.3, 0.4) is 0 Å². The Kier molecular flexibility index (Phi) is 5.44. The van der Waals surface area contributed by atoms with E-state index in [0.29, 0.717) is 15.8 Å². The van der Waals surface area contributed by atoms with Crippen LogP contribution in [0.5, 0.6) is 5.75 Å². The quantitative estimate of drug-likeness (QED) is 0.286. The molecule has 0 unspecified atom stereocenters. The number of benzene rings is 3. The van der Waals surface area contributed by atoms with Crippen molar-refractivity contribution >= 4 is 59.3 Å². The third-order valence-electron chi connectivity index (χ3n) is 4.12. The molecular formula is C22H12Br2O3S. The lowest BCUT2D eigenvalue weighted by Crippen LogP contribution is -2.15. The first-order valence-electron chi connectivity index (χ1n) is 8.32. The zero-order chi connectivity index (χ0) is 19.7. The summed E-state index contributed by atoms with van der Waals surface area (Å²) in [5.74, 6) is -0.504. The number of carbonyl (C=O) groups excluding carboxylic acids is 1. The number of rotatable bonds is 3. The fourth-order valence-electron chi connectivity index (χ4n) is 2.76. The Morgan fingerprint density at radius 1 is 0.857 bits per heavy atom. The van der Waals surface area contributed by atoms with Crippen LogP contribution in [-0.4, -0.2) is 5.97 Å². The number of ether oxygens (including phenoxy) is 1. The highest BCUT2D eigenvalue weighted by Gasteiger charge is 2.20. The standard InChI is InChI=1S/C22H12Br2O3S/c23-15-8-6-13(7-9-15)21-20(27-22(26)14-4-2-1-3-5-14)19(25)17-11-10-16(24)12-18(17)28-21/h1-12H. The second kappa shape index (κ2) is 7.99. The van der Waals surface area contributed by atoms with Crippen LogP contribution in [0.2, 0.25) is 0 Å². The van der Waals surface area contributed by atoms with Crippen molar-refractivity contribution in [3.05, 3.63) is 97.5 Å². The average molecular weight is 516 g/mol. The van der Waals surface area contributed by atoms with Gasteiger partial charge in [0.15, 0.2) is 5.75 Å². The Morgan fingerprint density at radius 3 is 2.25 bits per heavy atom. The van der Waals surface area contributed by atoms with Gasteiger partial charge in [0, 0.05) is 19.0 Å². The number of carbonyl (C=O) groups is 1. The number of halogens is 2. The minimum atomic E-state index is -0.556. The van der Waals surface area contributed by atoms with Crippen LogP contribution in [0.15, 0.2) is 86.5 Å². The molecule has 0 fully saturated rings. The molecule has 1 heterocycles. The third kappa shape index (κ3) is 3.81. The fourth-order valence-corrected chi connectivity index (χ4v) is 4.69. The summed E-state index contributed by atoms with van der Waals surface area (Å²) in [7, 11) is 0. The molecule has 0 spiro atoms. The Labute approximate surface area is 181 Å². The maximum atomic E-state index is 13.2. The molecule has 3 aromatic carbocycles. The molecule has 1 aromatic heterocycles. The molecule has 4 rings (SSSR count). The van der Waals surface area contributed by atoms with Crippen molar-refractivity contribution < 1.29 is 9.53 Å². The van der Waals surface area contributed by atoms with E-state index in [2.05, 4.69) is 31.9 Å². The number of hydrogen-bond donors (Lipinski definition) is 0. The Morgan fingerprint density at radius 2 is 1.54 bits per heavy atom. The van der Waals surface area contributed by atoms with Gasteiger partial charge in [-0.2, -0.15) is 0 Å². The zero-order valence-corrected chi connectivity index (χ0v) is 18.3. The maximum absolute atomic E-state index is 13.2. The van der Waals surface area contributed by atoms with Crippen LogP contribution in [-0.2, 0) is 0 Å². The maximum Gasteiger partial charge on any atom is 0.343 e. The summed E-state index contributed by atoms with van der Waals surface area (Å²) in [6.45, 7) is 0. The molecule has 0 atom stereocenters. The highest BCUT2D eigenvalue weighted by molar-refractivity contribution is 9.10. The molecule has 0 aliphatic heterocycles. The Hall–Kier alpha value is -2.28. The summed E-state index contributed by atoms with van der Waals surface area (Å²) in [5, 5.41) is 0.518. The van der Waals surface area contributed by atoms with E-state index in [1.165, 1.54) is 11.3 Å². The second-order valence-electron chi connectivity index (χ2n) is 5.99. The van der Waals surface area contributed by atoms with Gasteiger partial charge in [-0.1, -0.05) is 62.2 Å². The van der Waals surface area contributed by atoms with E-state index in [1.807, 2.05) is 36.4 Å². The third-order valence-corrected chi connectivity index (χ3v) is 6.33. The Balaban J connectivity index is 1.92. The lowest BCUT2D eigenvalue weighted by atomic mass is 10.1. The van der Waals surface area contributed by atoms with Crippen molar-refractivity contribution in [2.45, 2.75) is 0 Å². The summed E-state index contributed by atoms with van der Waals surface area (Å²) in [5.41, 5.74) is 0.899. The molecule has 0 bridgehead atoms. The lowest BCUT2D eigenvalue weighted by molar-refractivity contribution is 0.0734. The van der Waals surface area contributed by atoms with Gasteiger partial charge in [-0.3, -0.25) is 4.79 Å². The molecule has 28 heavy (non-hydrogen) atoms. The molecular weight excluding hydrogens is 504 g/mol. The monoisotopic (exact) mass is 514 g/mol.